The molecule has 11 nitrogen and oxygen atoms in total. The first-order valence-corrected chi connectivity index (χ1v) is 13.4. The number of amidine groups is 1. The van der Waals surface area contributed by atoms with Crippen LogP contribution in [0.25, 0.3) is 0 Å². The molecule has 0 unspecified atom stereocenters. The number of hydrogen-bond acceptors (Lipinski definition) is 9. The number of nitrogens with two attached hydrogens (primary N) is 1. The number of ether oxygens (including phenoxy) is 2. The smallest absolute Gasteiger partial charge is 0.327 e. The molecule has 216 valence electrons. The largest absolute Gasteiger partial charge is 0.495 e. The van der Waals surface area contributed by atoms with Gasteiger partial charge in [-0.15, -0.1) is 0 Å². The van der Waals surface area contributed by atoms with Gasteiger partial charge >= 0.3 is 6.03 Å². The van der Waals surface area contributed by atoms with Crippen molar-refractivity contribution in [3.05, 3.63) is 46.2 Å². The zero-order valence-corrected chi connectivity index (χ0v) is 24.9. The number of nitrogen functional groups attached to an aromatic ring is 1. The van der Waals surface area contributed by atoms with E-state index in [1.807, 2.05) is 18.2 Å². The first kappa shape index (κ1) is 30.9. The third-order valence-electron chi connectivity index (χ3n) is 6.60. The van der Waals surface area contributed by atoms with E-state index in [-0.39, 0.29) is 21.6 Å². The number of hydrogen-bond donors (Lipinski definition) is 3. The molecule has 3 rings (SSSR count). The molecule has 4 N–H and O–H groups in total. The van der Waals surface area contributed by atoms with Crippen molar-refractivity contribution < 1.29 is 14.3 Å². The fourth-order valence-electron chi connectivity index (χ4n) is 4.17. The van der Waals surface area contributed by atoms with Gasteiger partial charge in [0, 0.05) is 58.1 Å². The van der Waals surface area contributed by atoms with Gasteiger partial charge in [0.25, 0.3) is 0 Å². The minimum absolute atomic E-state index is 0.127. The van der Waals surface area contributed by atoms with Gasteiger partial charge in [0.2, 0.25) is 0 Å². The molecule has 2 amide bonds. The predicted molar refractivity (Wildman–Crippen MR) is 166 cm³/mol. The van der Waals surface area contributed by atoms with Crippen molar-refractivity contribution in [1.82, 2.24) is 9.80 Å². The normalized spacial score (nSPS) is 14.5. The molecule has 0 radical (unpaired) electrons. The Bertz CT molecular complexity index is 1260. The van der Waals surface area contributed by atoms with Crippen molar-refractivity contribution in [3.63, 3.8) is 0 Å². The Hall–Kier alpha value is -3.67. The van der Waals surface area contributed by atoms with E-state index >= 15 is 0 Å². The van der Waals surface area contributed by atoms with Gasteiger partial charge < -0.3 is 35.6 Å². The van der Waals surface area contributed by atoms with Gasteiger partial charge in [0.15, 0.2) is 0 Å². The van der Waals surface area contributed by atoms with E-state index < -0.39 is 6.03 Å². The molecule has 1 saturated heterocycles. The van der Waals surface area contributed by atoms with Crippen LogP contribution in [-0.4, -0.2) is 89.4 Å². The van der Waals surface area contributed by atoms with Crippen LogP contribution in [-0.2, 0) is 0 Å². The quantitative estimate of drug-likeness (QED) is 0.216. The highest BCUT2D eigenvalue weighted by atomic mass is 35.5. The van der Waals surface area contributed by atoms with Gasteiger partial charge in [0.1, 0.15) is 33.2 Å². The van der Waals surface area contributed by atoms with E-state index in [1.54, 1.807) is 13.1 Å². The molecule has 13 heteroatoms. The lowest BCUT2D eigenvalue weighted by molar-refractivity contribution is 0.239. The van der Waals surface area contributed by atoms with Crippen LogP contribution < -0.4 is 30.7 Å². The summed E-state index contributed by atoms with van der Waals surface area (Å²) in [6.45, 7) is 10.8. The number of benzene rings is 2. The second kappa shape index (κ2) is 14.1. The summed E-state index contributed by atoms with van der Waals surface area (Å²) in [6, 6.07) is 6.82. The molecule has 40 heavy (non-hydrogen) atoms. The minimum atomic E-state index is -0.564. The van der Waals surface area contributed by atoms with Crippen molar-refractivity contribution in [3.8, 4) is 11.5 Å². The molecule has 1 aliphatic rings. The number of rotatable bonds is 9. The summed E-state index contributed by atoms with van der Waals surface area (Å²) in [5, 5.41) is 6.11. The lowest BCUT2D eigenvalue weighted by Crippen LogP contribution is -2.46. The third kappa shape index (κ3) is 7.09. The fraction of sp³-hybridized carbons (Fsp3) is 0.370. The number of urea groups is 1. The van der Waals surface area contributed by atoms with Crippen LogP contribution in [0, 0.1) is 0 Å². The molecule has 0 atom stereocenters. The number of nitrogens with zero attached hydrogens (tertiary/aromatic N) is 5. The number of amides is 2. The minimum Gasteiger partial charge on any atom is -0.495 e. The van der Waals surface area contributed by atoms with Gasteiger partial charge in [-0.25, -0.2) is 9.79 Å². The molecular weight excluding hydrogens is 555 g/mol. The molecular formula is C27H36Cl2N8O3. The van der Waals surface area contributed by atoms with Crippen LogP contribution in [0.15, 0.2) is 46.1 Å². The second-order valence-corrected chi connectivity index (χ2v) is 9.62. The molecule has 0 spiro atoms. The molecule has 2 aromatic carbocycles. The zero-order chi connectivity index (χ0) is 29.4. The number of aliphatic imine (C=N–C) groups is 2. The van der Waals surface area contributed by atoms with Crippen molar-refractivity contribution >= 4 is 64.5 Å². The van der Waals surface area contributed by atoms with E-state index in [9.17, 15) is 4.79 Å². The molecule has 1 heterocycles. The van der Waals surface area contributed by atoms with Gasteiger partial charge in [0.05, 0.1) is 31.3 Å². The van der Waals surface area contributed by atoms with Crippen LogP contribution >= 0.6 is 23.2 Å². The van der Waals surface area contributed by atoms with Gasteiger partial charge in [-0.1, -0.05) is 30.1 Å². The molecule has 1 fully saturated rings. The maximum absolute atomic E-state index is 13.1. The highest BCUT2D eigenvalue weighted by Gasteiger charge is 2.22. The molecule has 0 saturated carbocycles. The van der Waals surface area contributed by atoms with E-state index in [0.717, 1.165) is 38.4 Å². The van der Waals surface area contributed by atoms with Crippen LogP contribution in [0.1, 0.15) is 6.92 Å². The molecule has 0 aromatic heterocycles. The first-order valence-electron chi connectivity index (χ1n) is 12.6. The Labute approximate surface area is 245 Å². The molecule has 1 aliphatic heterocycles. The first-order chi connectivity index (χ1) is 19.2. The van der Waals surface area contributed by atoms with Crippen molar-refractivity contribution in [1.29, 1.82) is 0 Å². The number of halogens is 2. The third-order valence-corrected chi connectivity index (χ3v) is 7.35. The van der Waals surface area contributed by atoms with E-state index in [4.69, 9.17) is 38.4 Å². The highest BCUT2D eigenvalue weighted by molar-refractivity contribution is 6.41. The van der Waals surface area contributed by atoms with E-state index in [2.05, 4.69) is 44.1 Å². The number of piperazine rings is 1. The number of carbonyl (C=O) groups excluding carboxylic acids is 1. The maximum atomic E-state index is 13.1. The monoisotopic (exact) mass is 590 g/mol. The summed E-state index contributed by atoms with van der Waals surface area (Å²) in [5.74, 6) is 1.20. The van der Waals surface area contributed by atoms with Crippen LogP contribution in [0.5, 0.6) is 11.5 Å². The summed E-state index contributed by atoms with van der Waals surface area (Å²) in [6.07, 6.45) is 1.57. The Morgan fingerprint density at radius 2 is 1.75 bits per heavy atom. The van der Waals surface area contributed by atoms with Gasteiger partial charge in [-0.05, 0) is 31.5 Å². The summed E-state index contributed by atoms with van der Waals surface area (Å²) >= 11 is 12.8. The maximum Gasteiger partial charge on any atom is 0.327 e. The number of anilines is 4. The Kier molecular flexibility index (Phi) is 10.9. The molecule has 2 aromatic rings. The average Bonchev–Trinajstić information content (AvgIpc) is 2.97. The summed E-state index contributed by atoms with van der Waals surface area (Å²) in [5.41, 5.74) is 8.79. The second-order valence-electron chi connectivity index (χ2n) is 8.86. The Morgan fingerprint density at radius 3 is 2.25 bits per heavy atom. The van der Waals surface area contributed by atoms with Gasteiger partial charge in [-0.2, -0.15) is 0 Å². The van der Waals surface area contributed by atoms with Crippen molar-refractivity contribution in [2.75, 3.05) is 82.3 Å². The highest BCUT2D eigenvalue weighted by Crippen LogP contribution is 2.44. The Morgan fingerprint density at radius 1 is 1.12 bits per heavy atom. The number of carbonyl (C=O) groups is 1. The standard InChI is InChI=1S/C27H36Cl2N8O3/c1-7-36-10-12-37(13-11-36)17-8-9-19(18(30)14-17)33-22(31-2)16-23(32-3)35(4)27(38)34-26-24(28)20(39-5)15-21(40-6)25(26)29/h8-9,14-16,33H,2,7,10-13,30H2,1,3-6H3,(H,34,38)/b22-16+,32-23?. The average molecular weight is 592 g/mol. The number of nitrogens with one attached hydrogen (secondary N) is 2. The topological polar surface area (TPSA) is 120 Å². The zero-order valence-electron chi connectivity index (χ0n) is 23.4. The van der Waals surface area contributed by atoms with E-state index in [0.29, 0.717) is 28.7 Å². The van der Waals surface area contributed by atoms with Crippen LogP contribution in [0.4, 0.5) is 27.5 Å². The van der Waals surface area contributed by atoms with Gasteiger partial charge in [-0.3, -0.25) is 9.89 Å². The predicted octanol–water partition coefficient (Wildman–Crippen LogP) is 4.88. The number of likely N-dealkylation sites (N-methyl/N-ethyl adjacent to an activating group) is 2. The fourth-order valence-corrected chi connectivity index (χ4v) is 4.76. The van der Waals surface area contributed by atoms with Crippen LogP contribution in [0.2, 0.25) is 10.0 Å². The summed E-state index contributed by atoms with van der Waals surface area (Å²) in [7, 11) is 5.98. The SMILES string of the molecule is C=N/C(=C\C(=NC)N(C)C(=O)Nc1c(Cl)c(OC)cc(OC)c1Cl)Nc1ccc(N2CCN(CC)CC2)cc1N. The molecule has 0 aliphatic carbocycles. The lowest BCUT2D eigenvalue weighted by atomic mass is 10.2. The molecule has 0 bridgehead atoms. The van der Waals surface area contributed by atoms with Crippen molar-refractivity contribution in [2.45, 2.75) is 6.92 Å². The summed E-state index contributed by atoms with van der Waals surface area (Å²) in [4.78, 5) is 27.4. The lowest BCUT2D eigenvalue weighted by Gasteiger charge is -2.35. The van der Waals surface area contributed by atoms with Crippen LogP contribution in [0.3, 0.4) is 0 Å². The number of methoxy groups -OCH3 is 2. The Balaban J connectivity index is 1.76. The van der Waals surface area contributed by atoms with E-state index in [1.165, 1.54) is 32.2 Å². The summed E-state index contributed by atoms with van der Waals surface area (Å²) < 4.78 is 10.5. The van der Waals surface area contributed by atoms with Crippen molar-refractivity contribution in [2.24, 2.45) is 9.98 Å².